The van der Waals surface area contributed by atoms with Gasteiger partial charge in [0, 0.05) is 0 Å². The first-order chi connectivity index (χ1) is 6.12. The van der Waals surface area contributed by atoms with Crippen molar-refractivity contribution in [1.29, 1.82) is 0 Å². The van der Waals surface area contributed by atoms with E-state index >= 15 is 0 Å². The number of hydrogen-bond acceptors (Lipinski definition) is 6. The van der Waals surface area contributed by atoms with Crippen LogP contribution in [0, 0.1) is 0 Å². The summed E-state index contributed by atoms with van der Waals surface area (Å²) in [7, 11) is -4.67. The summed E-state index contributed by atoms with van der Waals surface area (Å²) in [5, 5.41) is 0. The van der Waals surface area contributed by atoms with Crippen LogP contribution in [0.3, 0.4) is 0 Å². The van der Waals surface area contributed by atoms with Crippen LogP contribution in [0.25, 0.3) is 0 Å². The number of hydrogen-bond donors (Lipinski definition) is 1. The van der Waals surface area contributed by atoms with Crippen LogP contribution in [0.5, 0.6) is 0 Å². The molecule has 0 saturated carbocycles. The zero-order chi connectivity index (χ0) is 11.4. The molecule has 1 atom stereocenters. The van der Waals surface area contributed by atoms with E-state index in [0.29, 0.717) is 0 Å². The molecule has 0 aromatic rings. The lowest BCUT2D eigenvalue weighted by atomic mass is 10.5. The fourth-order valence-corrected chi connectivity index (χ4v) is 1.46. The van der Waals surface area contributed by atoms with Crippen LogP contribution >= 0.6 is 23.2 Å². The summed E-state index contributed by atoms with van der Waals surface area (Å²) in [6.07, 6.45) is 0. The van der Waals surface area contributed by atoms with Gasteiger partial charge in [0.15, 0.2) is 4.33 Å². The van der Waals surface area contributed by atoms with Crippen LogP contribution in [0.1, 0.15) is 0 Å². The highest BCUT2D eigenvalue weighted by Gasteiger charge is 2.27. The molecule has 0 aliphatic carbocycles. The molecular weight excluding hydrogens is 283 g/mol. The summed E-state index contributed by atoms with van der Waals surface area (Å²) in [5.74, 6) is 0. The van der Waals surface area contributed by atoms with E-state index in [1.165, 1.54) is 0 Å². The smallest absolute Gasteiger partial charge is 0.397 e. The molecule has 7 nitrogen and oxygen atoms in total. The molecule has 0 saturated heterocycles. The SMILES string of the molecule is O=S([O-])OCC(Cl)(Cl)COS(=O)(=O)O. The van der Waals surface area contributed by atoms with Gasteiger partial charge in [0.1, 0.15) is 6.61 Å². The maximum absolute atomic E-state index is 10.1. The lowest BCUT2D eigenvalue weighted by Crippen LogP contribution is -2.29. The molecule has 11 heteroatoms. The molecule has 0 aromatic carbocycles. The number of alkyl halides is 2. The van der Waals surface area contributed by atoms with Crippen LogP contribution in [-0.4, -0.2) is 39.3 Å². The van der Waals surface area contributed by atoms with Crippen molar-refractivity contribution in [3.63, 3.8) is 0 Å². The van der Waals surface area contributed by atoms with E-state index in [1.54, 1.807) is 0 Å². The molecule has 1 N–H and O–H groups in total. The predicted octanol–water partition coefficient (Wildman–Crippen LogP) is -0.210. The minimum Gasteiger partial charge on any atom is -0.750 e. The second kappa shape index (κ2) is 5.56. The molecule has 1 unspecified atom stereocenters. The fraction of sp³-hybridized carbons (Fsp3) is 1.00. The Morgan fingerprint density at radius 1 is 1.43 bits per heavy atom. The van der Waals surface area contributed by atoms with E-state index in [1.807, 2.05) is 0 Å². The summed E-state index contributed by atoms with van der Waals surface area (Å²) in [5.41, 5.74) is 0. The summed E-state index contributed by atoms with van der Waals surface area (Å²) < 4.78 is 54.0. The Bertz CT molecular complexity index is 298. The van der Waals surface area contributed by atoms with Crippen molar-refractivity contribution in [2.75, 3.05) is 13.2 Å². The lowest BCUT2D eigenvalue weighted by molar-refractivity contribution is 0.218. The Morgan fingerprint density at radius 3 is 2.29 bits per heavy atom. The highest BCUT2D eigenvalue weighted by molar-refractivity contribution is 7.80. The summed E-state index contributed by atoms with van der Waals surface area (Å²) in [4.78, 5) is 0. The van der Waals surface area contributed by atoms with Crippen molar-refractivity contribution in [2.45, 2.75) is 4.33 Å². The second-order valence-electron chi connectivity index (χ2n) is 2.01. The van der Waals surface area contributed by atoms with E-state index in [-0.39, 0.29) is 0 Å². The third kappa shape index (κ3) is 9.09. The molecule has 86 valence electrons. The van der Waals surface area contributed by atoms with E-state index in [0.717, 1.165) is 0 Å². The van der Waals surface area contributed by atoms with Crippen LogP contribution < -0.4 is 0 Å². The average Bonchev–Trinajstić information content (AvgIpc) is 1.97. The first-order valence-electron chi connectivity index (χ1n) is 2.84. The zero-order valence-corrected chi connectivity index (χ0v) is 9.53. The molecule has 0 rings (SSSR count). The van der Waals surface area contributed by atoms with Crippen molar-refractivity contribution in [1.82, 2.24) is 0 Å². The van der Waals surface area contributed by atoms with E-state index < -0.39 is 39.3 Å². The molecule has 0 heterocycles. The van der Waals surface area contributed by atoms with Gasteiger partial charge in [-0.05, 0) is 0 Å². The molecule has 0 bridgehead atoms. The van der Waals surface area contributed by atoms with Gasteiger partial charge in [-0.1, -0.05) is 23.2 Å². The maximum atomic E-state index is 10.1. The standard InChI is InChI=1S/C3H6Cl2O7S2/c4-3(5,1-11-13(6)7)2-12-14(8,9)10/h1-2H2,(H,6,7)(H,8,9,10)/p-1. The van der Waals surface area contributed by atoms with E-state index in [2.05, 4.69) is 8.37 Å². The van der Waals surface area contributed by atoms with Gasteiger partial charge in [0.25, 0.3) is 0 Å². The predicted molar refractivity (Wildman–Crippen MR) is 46.8 cm³/mol. The Hall–Kier alpha value is 0.520. The maximum Gasteiger partial charge on any atom is 0.397 e. The van der Waals surface area contributed by atoms with Crippen LogP contribution in [0.15, 0.2) is 0 Å². The number of halogens is 2. The van der Waals surface area contributed by atoms with Crippen molar-refractivity contribution < 1.29 is 30.1 Å². The Kier molecular flexibility index (Phi) is 5.77. The normalized spacial score (nSPS) is 15.4. The first-order valence-corrected chi connectivity index (χ1v) is 5.97. The van der Waals surface area contributed by atoms with Crippen molar-refractivity contribution in [3.8, 4) is 0 Å². The molecule has 0 spiro atoms. The minimum absolute atomic E-state index is 0.707. The van der Waals surface area contributed by atoms with Crippen LogP contribution in [0.2, 0.25) is 0 Å². The molecular formula is C3H5Cl2O7S2-. The molecule has 0 radical (unpaired) electrons. The monoisotopic (exact) mass is 287 g/mol. The van der Waals surface area contributed by atoms with Crippen LogP contribution in [0.4, 0.5) is 0 Å². The molecule has 0 amide bonds. The van der Waals surface area contributed by atoms with Gasteiger partial charge < -0.3 is 4.55 Å². The first kappa shape index (κ1) is 14.5. The quantitative estimate of drug-likeness (QED) is 0.408. The summed E-state index contributed by atoms with van der Waals surface area (Å²) in [6, 6.07) is 0. The molecule has 0 fully saturated rings. The van der Waals surface area contributed by atoms with Gasteiger partial charge in [-0.25, -0.2) is 8.39 Å². The second-order valence-corrected chi connectivity index (χ2v) is 5.39. The zero-order valence-electron chi connectivity index (χ0n) is 6.38. The number of rotatable bonds is 6. The van der Waals surface area contributed by atoms with Crippen molar-refractivity contribution in [2.24, 2.45) is 0 Å². The van der Waals surface area contributed by atoms with Crippen molar-refractivity contribution in [3.05, 3.63) is 0 Å². The average molecular weight is 288 g/mol. The van der Waals surface area contributed by atoms with Gasteiger partial charge in [0.2, 0.25) is 0 Å². The topological polar surface area (TPSA) is 113 Å². The Labute approximate surface area is 92.7 Å². The van der Waals surface area contributed by atoms with Gasteiger partial charge in [-0.2, -0.15) is 8.42 Å². The fourth-order valence-electron chi connectivity index (χ4n) is 0.337. The van der Waals surface area contributed by atoms with Crippen molar-refractivity contribution >= 4 is 45.0 Å². The third-order valence-electron chi connectivity index (χ3n) is 0.785. The van der Waals surface area contributed by atoms with Gasteiger partial charge in [-0.3, -0.25) is 8.74 Å². The molecule has 14 heavy (non-hydrogen) atoms. The molecule has 0 aromatic heterocycles. The van der Waals surface area contributed by atoms with Gasteiger partial charge in [-0.15, -0.1) is 0 Å². The van der Waals surface area contributed by atoms with Crippen LogP contribution in [-0.2, 0) is 30.1 Å². The lowest BCUT2D eigenvalue weighted by Gasteiger charge is -2.18. The van der Waals surface area contributed by atoms with Gasteiger partial charge >= 0.3 is 10.4 Å². The highest BCUT2D eigenvalue weighted by atomic mass is 35.5. The summed E-state index contributed by atoms with van der Waals surface area (Å²) in [6.45, 7) is -1.55. The third-order valence-corrected chi connectivity index (χ3v) is 1.95. The molecule has 0 aliphatic heterocycles. The molecule has 0 aliphatic rings. The minimum atomic E-state index is -4.67. The van der Waals surface area contributed by atoms with E-state index in [4.69, 9.17) is 27.8 Å². The summed E-state index contributed by atoms with van der Waals surface area (Å²) >= 11 is 7.88. The highest BCUT2D eigenvalue weighted by Crippen LogP contribution is 2.22. The Morgan fingerprint density at radius 2 is 1.93 bits per heavy atom. The largest absolute Gasteiger partial charge is 0.750 e. The van der Waals surface area contributed by atoms with Gasteiger partial charge in [0.05, 0.1) is 18.0 Å². The van der Waals surface area contributed by atoms with E-state index in [9.17, 15) is 17.2 Å². The Balaban J connectivity index is 4.01.